The van der Waals surface area contributed by atoms with Crippen molar-refractivity contribution in [3.63, 3.8) is 0 Å². The van der Waals surface area contributed by atoms with E-state index in [-0.39, 0.29) is 5.91 Å². The summed E-state index contributed by atoms with van der Waals surface area (Å²) in [5.74, 6) is 0.515. The van der Waals surface area contributed by atoms with Crippen molar-refractivity contribution in [1.29, 1.82) is 0 Å². The zero-order valence-corrected chi connectivity index (χ0v) is 14.3. The van der Waals surface area contributed by atoms with Gasteiger partial charge in [-0.15, -0.1) is 0 Å². The molecule has 2 aromatic rings. The molecule has 0 radical (unpaired) electrons. The number of likely N-dealkylation sites (tertiary alicyclic amines) is 1. The Kier molecular flexibility index (Phi) is 4.50. The van der Waals surface area contributed by atoms with Gasteiger partial charge in [-0.1, -0.05) is 41.9 Å². The van der Waals surface area contributed by atoms with Gasteiger partial charge in [0.25, 0.3) is 5.91 Å². The number of rotatable bonds is 2. The van der Waals surface area contributed by atoms with Gasteiger partial charge < -0.3 is 4.90 Å². The molecule has 108 valence electrons. The van der Waals surface area contributed by atoms with Crippen molar-refractivity contribution in [2.24, 2.45) is 0 Å². The Morgan fingerprint density at radius 3 is 2.67 bits per heavy atom. The molecule has 3 rings (SSSR count). The van der Waals surface area contributed by atoms with Crippen LogP contribution in [0.3, 0.4) is 0 Å². The van der Waals surface area contributed by atoms with E-state index in [1.54, 1.807) is 6.07 Å². The number of hydrogen-bond acceptors (Lipinski definition) is 1. The van der Waals surface area contributed by atoms with E-state index in [1.807, 2.05) is 23.1 Å². The largest absolute Gasteiger partial charge is 0.338 e. The zero-order valence-electron chi connectivity index (χ0n) is 11.4. The summed E-state index contributed by atoms with van der Waals surface area (Å²) < 4.78 is 0.967. The molecule has 0 spiro atoms. The Morgan fingerprint density at radius 1 is 1.19 bits per heavy atom. The summed E-state index contributed by atoms with van der Waals surface area (Å²) in [4.78, 5) is 14.5. The second kappa shape index (κ2) is 6.36. The summed E-state index contributed by atoms with van der Waals surface area (Å²) in [5, 5.41) is 0.639. The predicted octanol–water partition coefficient (Wildman–Crippen LogP) is 4.57. The summed E-state index contributed by atoms with van der Waals surface area (Å²) in [6.07, 6.45) is 1.02. The minimum atomic E-state index is 0.0757. The Morgan fingerprint density at radius 2 is 1.95 bits per heavy atom. The molecule has 2 nitrogen and oxygen atoms in total. The highest BCUT2D eigenvalue weighted by molar-refractivity contribution is 14.1. The summed E-state index contributed by atoms with van der Waals surface area (Å²) in [6, 6.07) is 15.9. The van der Waals surface area contributed by atoms with E-state index in [0.29, 0.717) is 16.5 Å². The maximum atomic E-state index is 12.6. The van der Waals surface area contributed by atoms with E-state index in [1.165, 1.54) is 5.56 Å². The van der Waals surface area contributed by atoms with Crippen LogP contribution in [0.25, 0.3) is 0 Å². The molecule has 1 aliphatic rings. The average Bonchev–Trinajstić information content (AvgIpc) is 3.00. The first-order valence-corrected chi connectivity index (χ1v) is 8.40. The fraction of sp³-hybridized carbons (Fsp3) is 0.235. The molecule has 0 aromatic heterocycles. The number of halogens is 2. The molecule has 0 bridgehead atoms. The third-order valence-electron chi connectivity index (χ3n) is 3.91. The normalized spacial score (nSPS) is 18.0. The van der Waals surface area contributed by atoms with Crippen molar-refractivity contribution in [2.45, 2.75) is 12.3 Å². The lowest BCUT2D eigenvalue weighted by molar-refractivity contribution is 0.0791. The topological polar surface area (TPSA) is 20.3 Å². The molecule has 21 heavy (non-hydrogen) atoms. The smallest absolute Gasteiger partial charge is 0.253 e. The molecule has 1 amide bonds. The van der Waals surface area contributed by atoms with Crippen molar-refractivity contribution >= 4 is 40.1 Å². The lowest BCUT2D eigenvalue weighted by atomic mass is 9.99. The second-order valence-electron chi connectivity index (χ2n) is 5.28. The van der Waals surface area contributed by atoms with E-state index in [4.69, 9.17) is 11.6 Å². The maximum absolute atomic E-state index is 12.6. The van der Waals surface area contributed by atoms with E-state index >= 15 is 0 Å². The minimum Gasteiger partial charge on any atom is -0.338 e. The van der Waals surface area contributed by atoms with Crippen molar-refractivity contribution in [2.75, 3.05) is 13.1 Å². The number of carbonyl (C=O) groups excluding carboxylic acids is 1. The van der Waals surface area contributed by atoms with Crippen LogP contribution in [0.5, 0.6) is 0 Å². The van der Waals surface area contributed by atoms with Crippen LogP contribution in [0, 0.1) is 3.57 Å². The molecule has 0 N–H and O–H groups in total. The standard InChI is InChI=1S/C17H15ClINO/c18-15-10-13(6-7-16(15)19)17(21)20-9-8-14(11-20)12-4-2-1-3-5-12/h1-7,10,14H,8-9,11H2. The van der Waals surface area contributed by atoms with Gasteiger partial charge in [-0.05, 0) is 52.8 Å². The monoisotopic (exact) mass is 411 g/mol. The molecule has 1 heterocycles. The lowest BCUT2D eigenvalue weighted by Crippen LogP contribution is -2.28. The first-order chi connectivity index (χ1) is 10.1. The van der Waals surface area contributed by atoms with E-state index in [0.717, 1.165) is 23.1 Å². The van der Waals surface area contributed by atoms with Crippen LogP contribution in [0.15, 0.2) is 48.5 Å². The van der Waals surface area contributed by atoms with Gasteiger partial charge in [-0.2, -0.15) is 0 Å². The first-order valence-electron chi connectivity index (χ1n) is 6.94. The van der Waals surface area contributed by atoms with Crippen molar-refractivity contribution < 1.29 is 4.79 Å². The molecular weight excluding hydrogens is 397 g/mol. The lowest BCUT2D eigenvalue weighted by Gasteiger charge is -2.17. The molecule has 2 aromatic carbocycles. The van der Waals surface area contributed by atoms with Gasteiger partial charge in [0, 0.05) is 28.1 Å². The third-order valence-corrected chi connectivity index (χ3v) is 5.49. The molecule has 1 fully saturated rings. The van der Waals surface area contributed by atoms with E-state index in [2.05, 4.69) is 46.9 Å². The van der Waals surface area contributed by atoms with Gasteiger partial charge in [0.15, 0.2) is 0 Å². The van der Waals surface area contributed by atoms with Gasteiger partial charge in [-0.3, -0.25) is 4.79 Å². The third kappa shape index (κ3) is 3.24. The SMILES string of the molecule is O=C(c1ccc(I)c(Cl)c1)N1CCC(c2ccccc2)C1. The van der Waals surface area contributed by atoms with E-state index in [9.17, 15) is 4.79 Å². The van der Waals surface area contributed by atoms with Gasteiger partial charge in [0.05, 0.1) is 5.02 Å². The molecular formula is C17H15ClINO. The molecule has 1 atom stereocenters. The minimum absolute atomic E-state index is 0.0757. The molecule has 1 saturated heterocycles. The Balaban J connectivity index is 1.74. The van der Waals surface area contributed by atoms with Crippen LogP contribution in [-0.4, -0.2) is 23.9 Å². The first kappa shape index (κ1) is 14.9. The van der Waals surface area contributed by atoms with Crippen LogP contribution in [-0.2, 0) is 0 Å². The molecule has 1 aliphatic heterocycles. The zero-order chi connectivity index (χ0) is 14.8. The van der Waals surface area contributed by atoms with Crippen molar-refractivity contribution in [3.05, 3.63) is 68.3 Å². The summed E-state index contributed by atoms with van der Waals surface area (Å²) in [5.41, 5.74) is 1.99. The fourth-order valence-electron chi connectivity index (χ4n) is 2.75. The second-order valence-corrected chi connectivity index (χ2v) is 6.85. The predicted molar refractivity (Wildman–Crippen MR) is 93.9 cm³/mol. The maximum Gasteiger partial charge on any atom is 0.253 e. The summed E-state index contributed by atoms with van der Waals surface area (Å²) in [7, 11) is 0. The van der Waals surface area contributed by atoms with Crippen LogP contribution < -0.4 is 0 Å². The number of nitrogens with zero attached hydrogens (tertiary/aromatic N) is 1. The van der Waals surface area contributed by atoms with Gasteiger partial charge >= 0.3 is 0 Å². The number of hydrogen-bond donors (Lipinski definition) is 0. The summed E-state index contributed by atoms with van der Waals surface area (Å²) >= 11 is 8.28. The molecule has 0 aliphatic carbocycles. The number of amides is 1. The van der Waals surface area contributed by atoms with Crippen LogP contribution in [0.1, 0.15) is 28.3 Å². The number of carbonyl (C=O) groups is 1. The highest BCUT2D eigenvalue weighted by Crippen LogP contribution is 2.28. The van der Waals surface area contributed by atoms with Crippen LogP contribution in [0.4, 0.5) is 0 Å². The highest BCUT2D eigenvalue weighted by Gasteiger charge is 2.27. The van der Waals surface area contributed by atoms with Crippen molar-refractivity contribution in [1.82, 2.24) is 4.90 Å². The quantitative estimate of drug-likeness (QED) is 0.663. The highest BCUT2D eigenvalue weighted by atomic mass is 127. The van der Waals surface area contributed by atoms with E-state index < -0.39 is 0 Å². The summed E-state index contributed by atoms with van der Waals surface area (Å²) in [6.45, 7) is 1.59. The average molecular weight is 412 g/mol. The van der Waals surface area contributed by atoms with Crippen molar-refractivity contribution in [3.8, 4) is 0 Å². The van der Waals surface area contributed by atoms with Gasteiger partial charge in [0.1, 0.15) is 0 Å². The van der Waals surface area contributed by atoms with Crippen LogP contribution in [0.2, 0.25) is 5.02 Å². The molecule has 4 heteroatoms. The fourth-order valence-corrected chi connectivity index (χ4v) is 3.27. The molecule has 1 unspecified atom stereocenters. The Hall–Kier alpha value is -1.07. The molecule has 0 saturated carbocycles. The Labute approximate surface area is 143 Å². The van der Waals surface area contributed by atoms with Gasteiger partial charge in [-0.25, -0.2) is 0 Å². The number of benzene rings is 2. The Bertz CT molecular complexity index is 659. The van der Waals surface area contributed by atoms with Gasteiger partial charge in [0.2, 0.25) is 0 Å². The van der Waals surface area contributed by atoms with Crippen LogP contribution >= 0.6 is 34.2 Å².